The Morgan fingerprint density at radius 3 is 1.27 bits per heavy atom. The molecule has 0 fully saturated rings. The van der Waals surface area contributed by atoms with Crippen molar-refractivity contribution >= 4 is 56.2 Å². The van der Waals surface area contributed by atoms with E-state index in [1.165, 1.54) is 77.9 Å². The van der Waals surface area contributed by atoms with E-state index in [9.17, 15) is 9.59 Å². The van der Waals surface area contributed by atoms with Gasteiger partial charge in [-0.3, -0.25) is 9.59 Å². The largest absolute Gasteiger partial charge is 0.354 e. The molecular weight excluding hydrogens is 504 g/mol. The summed E-state index contributed by atoms with van der Waals surface area (Å²) in [5, 5.41) is 4.69. The van der Waals surface area contributed by atoms with Crippen LogP contribution in [0.25, 0.3) is 43.6 Å². The van der Waals surface area contributed by atoms with Crippen LogP contribution in [-0.2, 0) is 12.8 Å². The third-order valence-corrected chi connectivity index (χ3v) is 8.60. The molecule has 2 aromatic heterocycles. The second-order valence-electron chi connectivity index (χ2n) is 11.5. The zero-order chi connectivity index (χ0) is 28.0. The zero-order valence-corrected chi connectivity index (χ0v) is 23.7. The number of aryl methyl sites for hydroxylation is 2. The van der Waals surface area contributed by atoms with Crippen LogP contribution in [0, 0.1) is 0 Å². The molecule has 0 aliphatic rings. The van der Waals surface area contributed by atoms with Crippen LogP contribution in [-0.4, -0.2) is 22.5 Å². The van der Waals surface area contributed by atoms with Crippen molar-refractivity contribution in [2.75, 3.05) is 0 Å². The second-order valence-corrected chi connectivity index (χ2v) is 11.5. The standard InChI is InChI=1S/C37H38N2O2/c40-24-26-20-28(36-32(22-26)30-16-10-12-18-34(30)38-36)14-8-6-4-2-1-3-5-7-9-15-29-21-27(25-41)23-33-31-17-11-13-19-35(31)39-37(29)33/h10-13,16-25,38-39H,1-9,14-15H2. The van der Waals surface area contributed by atoms with Crippen molar-refractivity contribution in [1.29, 1.82) is 0 Å². The van der Waals surface area contributed by atoms with Gasteiger partial charge in [0, 0.05) is 54.7 Å². The maximum atomic E-state index is 11.6. The molecule has 6 aromatic rings. The summed E-state index contributed by atoms with van der Waals surface area (Å²) in [5.74, 6) is 0. The molecule has 0 aliphatic carbocycles. The molecule has 4 nitrogen and oxygen atoms in total. The van der Waals surface area contributed by atoms with E-state index < -0.39 is 0 Å². The van der Waals surface area contributed by atoms with E-state index in [-0.39, 0.29) is 0 Å². The highest BCUT2D eigenvalue weighted by atomic mass is 16.1. The Morgan fingerprint density at radius 1 is 0.463 bits per heavy atom. The van der Waals surface area contributed by atoms with Crippen LogP contribution in [0.2, 0.25) is 0 Å². The monoisotopic (exact) mass is 542 g/mol. The number of fused-ring (bicyclic) bond motifs is 6. The lowest BCUT2D eigenvalue weighted by Crippen LogP contribution is -1.92. The second kappa shape index (κ2) is 12.6. The number of rotatable bonds is 14. The molecule has 2 heterocycles. The average Bonchev–Trinajstić information content (AvgIpc) is 3.58. The minimum atomic E-state index is 0.763. The van der Waals surface area contributed by atoms with Gasteiger partial charge in [-0.15, -0.1) is 0 Å². The Morgan fingerprint density at radius 2 is 0.854 bits per heavy atom. The van der Waals surface area contributed by atoms with Crippen LogP contribution in [0.3, 0.4) is 0 Å². The Labute approximate surface area is 241 Å². The van der Waals surface area contributed by atoms with Gasteiger partial charge in [-0.25, -0.2) is 0 Å². The predicted octanol–water partition coefficient (Wildman–Crippen LogP) is 9.88. The molecule has 0 amide bonds. The van der Waals surface area contributed by atoms with E-state index in [0.717, 1.165) is 71.2 Å². The van der Waals surface area contributed by atoms with Crippen LogP contribution in [0.15, 0.2) is 72.8 Å². The van der Waals surface area contributed by atoms with Crippen LogP contribution < -0.4 is 0 Å². The van der Waals surface area contributed by atoms with Gasteiger partial charge in [0.2, 0.25) is 0 Å². The molecule has 41 heavy (non-hydrogen) atoms. The lowest BCUT2D eigenvalue weighted by molar-refractivity contribution is 0.111. The number of aromatic nitrogens is 2. The average molecular weight is 543 g/mol. The Kier molecular flexibility index (Phi) is 8.27. The first-order valence-corrected chi connectivity index (χ1v) is 15.2. The van der Waals surface area contributed by atoms with Gasteiger partial charge in [0.15, 0.2) is 0 Å². The molecular formula is C37H38N2O2. The van der Waals surface area contributed by atoms with Gasteiger partial charge >= 0.3 is 0 Å². The zero-order valence-electron chi connectivity index (χ0n) is 23.7. The summed E-state index contributed by atoms with van der Waals surface area (Å²) in [4.78, 5) is 30.3. The Balaban J connectivity index is 0.923. The number of carbonyl (C=O) groups is 2. The fraction of sp³-hybridized carbons (Fsp3) is 0.297. The number of carbonyl (C=O) groups excluding carboxylic acids is 2. The third kappa shape index (κ3) is 5.83. The molecule has 2 N–H and O–H groups in total. The van der Waals surface area contributed by atoms with Gasteiger partial charge in [0.1, 0.15) is 12.6 Å². The summed E-state index contributed by atoms with van der Waals surface area (Å²) in [6.45, 7) is 0. The number of H-pyrrole nitrogens is 2. The highest BCUT2D eigenvalue weighted by molar-refractivity contribution is 6.10. The molecule has 4 heteroatoms. The molecule has 0 unspecified atom stereocenters. The number of hydrogen-bond acceptors (Lipinski definition) is 2. The van der Waals surface area contributed by atoms with Gasteiger partial charge in [-0.05, 0) is 73.2 Å². The number of aromatic amines is 2. The molecule has 4 aromatic carbocycles. The molecule has 0 saturated heterocycles. The molecule has 0 aliphatic heterocycles. The van der Waals surface area contributed by atoms with Crippen LogP contribution >= 0.6 is 0 Å². The first kappa shape index (κ1) is 27.0. The minimum absolute atomic E-state index is 0.763. The van der Waals surface area contributed by atoms with E-state index in [2.05, 4.69) is 58.5 Å². The highest BCUT2D eigenvalue weighted by Gasteiger charge is 2.11. The highest BCUT2D eigenvalue weighted by Crippen LogP contribution is 2.31. The molecule has 0 saturated carbocycles. The maximum Gasteiger partial charge on any atom is 0.150 e. The molecule has 208 valence electrons. The first-order valence-electron chi connectivity index (χ1n) is 15.2. The summed E-state index contributed by atoms with van der Waals surface area (Å²) in [7, 11) is 0. The smallest absolute Gasteiger partial charge is 0.150 e. The van der Waals surface area contributed by atoms with Crippen molar-refractivity contribution in [3.05, 3.63) is 95.1 Å². The van der Waals surface area contributed by atoms with Crippen LogP contribution in [0.4, 0.5) is 0 Å². The number of benzene rings is 4. The summed E-state index contributed by atoms with van der Waals surface area (Å²) in [6.07, 6.45) is 15.1. The SMILES string of the molecule is O=Cc1cc(CCCCCCCCCCCc2cc(C=O)cc3c2[nH]c2ccccc23)c2[nH]c3ccccc3c2c1. The van der Waals surface area contributed by atoms with E-state index in [4.69, 9.17) is 0 Å². The molecule has 0 spiro atoms. The number of para-hydroxylation sites is 2. The maximum absolute atomic E-state index is 11.6. The topological polar surface area (TPSA) is 65.7 Å². The van der Waals surface area contributed by atoms with Gasteiger partial charge < -0.3 is 9.97 Å². The Hall–Kier alpha value is -4.18. The van der Waals surface area contributed by atoms with Crippen LogP contribution in [0.5, 0.6) is 0 Å². The molecule has 6 rings (SSSR count). The summed E-state index contributed by atoms with van der Waals surface area (Å²) >= 11 is 0. The normalized spacial score (nSPS) is 11.7. The summed E-state index contributed by atoms with van der Waals surface area (Å²) in [5.41, 5.74) is 8.66. The number of aldehydes is 2. The lowest BCUT2D eigenvalue weighted by atomic mass is 9.99. The predicted molar refractivity (Wildman–Crippen MR) is 171 cm³/mol. The summed E-state index contributed by atoms with van der Waals surface area (Å²) in [6, 6.07) is 24.8. The summed E-state index contributed by atoms with van der Waals surface area (Å²) < 4.78 is 0. The van der Waals surface area contributed by atoms with E-state index >= 15 is 0 Å². The van der Waals surface area contributed by atoms with Crippen molar-refractivity contribution < 1.29 is 9.59 Å². The van der Waals surface area contributed by atoms with E-state index in [1.54, 1.807) is 0 Å². The lowest BCUT2D eigenvalue weighted by Gasteiger charge is -2.07. The number of hydrogen-bond donors (Lipinski definition) is 2. The Bertz CT molecular complexity index is 1690. The molecule has 0 atom stereocenters. The van der Waals surface area contributed by atoms with Crippen molar-refractivity contribution in [3.63, 3.8) is 0 Å². The molecule has 0 bridgehead atoms. The van der Waals surface area contributed by atoms with Gasteiger partial charge in [0.05, 0.1) is 0 Å². The van der Waals surface area contributed by atoms with Crippen molar-refractivity contribution in [3.8, 4) is 0 Å². The third-order valence-electron chi connectivity index (χ3n) is 8.60. The van der Waals surface area contributed by atoms with Crippen LogP contribution in [0.1, 0.15) is 89.6 Å². The first-order chi connectivity index (χ1) is 20.2. The van der Waals surface area contributed by atoms with Gasteiger partial charge in [-0.1, -0.05) is 81.3 Å². The minimum Gasteiger partial charge on any atom is -0.354 e. The number of nitrogens with one attached hydrogen (secondary N) is 2. The van der Waals surface area contributed by atoms with Gasteiger partial charge in [0.25, 0.3) is 0 Å². The number of unbranched alkanes of at least 4 members (excludes halogenated alkanes) is 8. The van der Waals surface area contributed by atoms with Gasteiger partial charge in [-0.2, -0.15) is 0 Å². The fourth-order valence-electron chi connectivity index (χ4n) is 6.50. The quantitative estimate of drug-likeness (QED) is 0.106. The van der Waals surface area contributed by atoms with E-state index in [1.807, 2.05) is 24.3 Å². The molecule has 0 radical (unpaired) electrons. The van der Waals surface area contributed by atoms with Crippen molar-refractivity contribution in [1.82, 2.24) is 9.97 Å². The fourth-order valence-corrected chi connectivity index (χ4v) is 6.50. The van der Waals surface area contributed by atoms with Crippen molar-refractivity contribution in [2.24, 2.45) is 0 Å². The van der Waals surface area contributed by atoms with Crippen molar-refractivity contribution in [2.45, 2.75) is 70.6 Å². The van der Waals surface area contributed by atoms with E-state index in [0.29, 0.717) is 0 Å².